The highest BCUT2D eigenvalue weighted by Gasteiger charge is 2.14. The van der Waals surface area contributed by atoms with Crippen molar-refractivity contribution in [3.63, 3.8) is 0 Å². The lowest BCUT2D eigenvalue weighted by molar-refractivity contribution is 0.690. The molecule has 1 aromatic heterocycles. The topological polar surface area (TPSA) is 38.9 Å². The van der Waals surface area contributed by atoms with Crippen molar-refractivity contribution >= 4 is 54.1 Å². The van der Waals surface area contributed by atoms with Gasteiger partial charge < -0.3 is 5.73 Å². The smallest absolute Gasteiger partial charge is 0.0703 e. The maximum Gasteiger partial charge on any atom is 0.0703 e. The Morgan fingerprint density at radius 2 is 1.47 bits per heavy atom. The maximum absolute atomic E-state index is 5.56. The van der Waals surface area contributed by atoms with E-state index in [-0.39, 0.29) is 0 Å². The van der Waals surface area contributed by atoms with E-state index in [1.54, 1.807) is 17.3 Å². The van der Waals surface area contributed by atoms with Crippen LogP contribution in [0, 0.1) is 0 Å². The molecule has 4 aromatic carbocycles. The van der Waals surface area contributed by atoms with Crippen molar-refractivity contribution in [2.75, 3.05) is 5.73 Å². The SMILES string of the molecule is Brc1cc2c3c(ccc2c2ccccc12)CCCC3.Nc1cnc2ccccc2c1. The summed E-state index contributed by atoms with van der Waals surface area (Å²) in [7, 11) is 0. The lowest BCUT2D eigenvalue weighted by Crippen LogP contribution is -2.03. The zero-order valence-electron chi connectivity index (χ0n) is 16.7. The number of nitrogens with two attached hydrogens (primary N) is 1. The summed E-state index contributed by atoms with van der Waals surface area (Å²) in [5.74, 6) is 0. The molecule has 0 saturated carbocycles. The van der Waals surface area contributed by atoms with Gasteiger partial charge in [-0.25, -0.2) is 0 Å². The third-order valence-corrected chi connectivity index (χ3v) is 6.59. The number of para-hydroxylation sites is 1. The van der Waals surface area contributed by atoms with Gasteiger partial charge in [0.05, 0.1) is 17.4 Å². The highest BCUT2D eigenvalue weighted by Crippen LogP contribution is 2.36. The van der Waals surface area contributed by atoms with Crippen LogP contribution in [0.2, 0.25) is 0 Å². The van der Waals surface area contributed by atoms with Crippen LogP contribution in [0.15, 0.2) is 83.5 Å². The number of hydrogen-bond acceptors (Lipinski definition) is 2. The van der Waals surface area contributed by atoms with Crippen molar-refractivity contribution in [1.82, 2.24) is 4.98 Å². The molecule has 148 valence electrons. The van der Waals surface area contributed by atoms with Gasteiger partial charge in [-0.2, -0.15) is 0 Å². The molecule has 0 aliphatic heterocycles. The summed E-state index contributed by atoms with van der Waals surface area (Å²) in [6.07, 6.45) is 6.82. The second-order valence-corrected chi connectivity index (χ2v) is 8.73. The van der Waals surface area contributed by atoms with Crippen LogP contribution in [0.25, 0.3) is 32.4 Å². The first kappa shape index (κ1) is 19.1. The van der Waals surface area contributed by atoms with E-state index in [2.05, 4.69) is 63.4 Å². The van der Waals surface area contributed by atoms with E-state index < -0.39 is 0 Å². The van der Waals surface area contributed by atoms with Crippen LogP contribution >= 0.6 is 15.9 Å². The molecule has 0 radical (unpaired) electrons. The average molecular weight is 455 g/mol. The summed E-state index contributed by atoms with van der Waals surface area (Å²) in [5.41, 5.74) is 10.4. The number of aromatic nitrogens is 1. The fourth-order valence-corrected chi connectivity index (χ4v) is 5.05. The molecule has 1 heterocycles. The molecular weight excluding hydrogens is 432 g/mol. The van der Waals surface area contributed by atoms with Gasteiger partial charge in [0, 0.05) is 9.86 Å². The molecule has 0 amide bonds. The number of nitrogens with zero attached hydrogens (tertiary/aromatic N) is 1. The third kappa shape index (κ3) is 3.54. The van der Waals surface area contributed by atoms with Crippen molar-refractivity contribution in [2.24, 2.45) is 0 Å². The van der Waals surface area contributed by atoms with E-state index in [4.69, 9.17) is 5.73 Å². The highest BCUT2D eigenvalue weighted by molar-refractivity contribution is 9.10. The number of anilines is 1. The molecule has 1 aliphatic carbocycles. The standard InChI is InChI=1S/C18H15Br.C9H8N2/c19-18-11-17-13-6-2-1-5-12(13)9-10-15(17)14-7-3-4-8-16(14)18;10-8-5-7-3-1-2-4-9(7)11-6-8/h3-4,7-11H,1-2,5-6H2;1-6H,10H2. The Morgan fingerprint density at radius 1 is 0.733 bits per heavy atom. The second kappa shape index (κ2) is 8.08. The summed E-state index contributed by atoms with van der Waals surface area (Å²) in [4.78, 5) is 4.16. The number of fused-ring (bicyclic) bond motifs is 6. The Labute approximate surface area is 184 Å². The quantitative estimate of drug-likeness (QED) is 0.246. The Morgan fingerprint density at radius 3 is 2.37 bits per heavy atom. The highest BCUT2D eigenvalue weighted by atomic mass is 79.9. The molecule has 0 saturated heterocycles. The van der Waals surface area contributed by atoms with Crippen LogP contribution in [0.4, 0.5) is 5.69 Å². The minimum absolute atomic E-state index is 0.712. The molecule has 1 aliphatic rings. The number of benzene rings is 4. The maximum atomic E-state index is 5.56. The second-order valence-electron chi connectivity index (χ2n) is 7.87. The average Bonchev–Trinajstić information content (AvgIpc) is 2.79. The molecule has 0 fully saturated rings. The van der Waals surface area contributed by atoms with E-state index in [0.717, 1.165) is 10.9 Å². The molecule has 0 atom stereocenters. The molecule has 5 aromatic rings. The molecule has 3 heteroatoms. The number of pyridine rings is 1. The Hall–Kier alpha value is -2.91. The lowest BCUT2D eigenvalue weighted by atomic mass is 9.86. The minimum atomic E-state index is 0.712. The number of hydrogen-bond donors (Lipinski definition) is 1. The van der Waals surface area contributed by atoms with Crippen LogP contribution in [0.5, 0.6) is 0 Å². The molecular formula is C27H23BrN2. The number of aryl methyl sites for hydroxylation is 2. The first-order valence-electron chi connectivity index (χ1n) is 10.4. The van der Waals surface area contributed by atoms with Crippen molar-refractivity contribution in [2.45, 2.75) is 25.7 Å². The van der Waals surface area contributed by atoms with E-state index in [1.165, 1.54) is 51.7 Å². The van der Waals surface area contributed by atoms with Gasteiger partial charge in [0.2, 0.25) is 0 Å². The molecule has 30 heavy (non-hydrogen) atoms. The predicted octanol–water partition coefficient (Wildman–Crippen LogP) is 7.45. The summed E-state index contributed by atoms with van der Waals surface area (Å²) >= 11 is 3.75. The van der Waals surface area contributed by atoms with Crippen LogP contribution in [-0.4, -0.2) is 4.98 Å². The van der Waals surface area contributed by atoms with Crippen LogP contribution in [0.1, 0.15) is 24.0 Å². The lowest BCUT2D eigenvalue weighted by Gasteiger charge is -2.19. The molecule has 0 unspecified atom stereocenters. The van der Waals surface area contributed by atoms with E-state index in [9.17, 15) is 0 Å². The van der Waals surface area contributed by atoms with Gasteiger partial charge in [0.15, 0.2) is 0 Å². The summed E-state index contributed by atoms with van der Waals surface area (Å²) in [6, 6.07) is 25.5. The van der Waals surface area contributed by atoms with Crippen molar-refractivity contribution < 1.29 is 0 Å². The van der Waals surface area contributed by atoms with E-state index in [0.29, 0.717) is 5.69 Å². The summed E-state index contributed by atoms with van der Waals surface area (Å²) in [5, 5.41) is 6.61. The first-order chi connectivity index (χ1) is 14.7. The fraction of sp³-hybridized carbons (Fsp3) is 0.148. The van der Waals surface area contributed by atoms with Crippen molar-refractivity contribution in [3.05, 3.63) is 94.6 Å². The van der Waals surface area contributed by atoms with Gasteiger partial charge in [-0.1, -0.05) is 70.5 Å². The molecule has 2 N–H and O–H groups in total. The number of halogens is 1. The van der Waals surface area contributed by atoms with E-state index in [1.807, 2.05) is 30.3 Å². The van der Waals surface area contributed by atoms with Gasteiger partial charge in [0.1, 0.15) is 0 Å². The molecule has 0 bridgehead atoms. The minimum Gasteiger partial charge on any atom is -0.397 e. The molecule has 6 rings (SSSR count). The Balaban J connectivity index is 0.000000149. The predicted molar refractivity (Wildman–Crippen MR) is 132 cm³/mol. The summed E-state index contributed by atoms with van der Waals surface area (Å²) in [6.45, 7) is 0. The zero-order valence-corrected chi connectivity index (χ0v) is 18.3. The molecule has 0 spiro atoms. The van der Waals surface area contributed by atoms with Gasteiger partial charge in [-0.15, -0.1) is 0 Å². The molecule has 2 nitrogen and oxygen atoms in total. The van der Waals surface area contributed by atoms with Gasteiger partial charge >= 0.3 is 0 Å². The number of nitrogen functional groups attached to an aromatic ring is 1. The first-order valence-corrected chi connectivity index (χ1v) is 11.2. The van der Waals surface area contributed by atoms with Crippen molar-refractivity contribution in [1.29, 1.82) is 0 Å². The van der Waals surface area contributed by atoms with Gasteiger partial charge in [0.25, 0.3) is 0 Å². The number of rotatable bonds is 0. The summed E-state index contributed by atoms with van der Waals surface area (Å²) < 4.78 is 1.22. The van der Waals surface area contributed by atoms with Crippen LogP contribution in [-0.2, 0) is 12.8 Å². The Bertz CT molecular complexity index is 1370. The Kier molecular flexibility index (Phi) is 5.14. The third-order valence-electron chi connectivity index (χ3n) is 5.93. The van der Waals surface area contributed by atoms with Crippen molar-refractivity contribution in [3.8, 4) is 0 Å². The zero-order chi connectivity index (χ0) is 20.5. The normalized spacial score (nSPS) is 13.1. The van der Waals surface area contributed by atoms with Gasteiger partial charge in [-0.05, 0) is 76.6 Å². The van der Waals surface area contributed by atoms with Gasteiger partial charge in [-0.3, -0.25) is 4.98 Å². The largest absolute Gasteiger partial charge is 0.397 e. The monoisotopic (exact) mass is 454 g/mol. The van der Waals surface area contributed by atoms with E-state index >= 15 is 0 Å². The van der Waals surface area contributed by atoms with Crippen LogP contribution in [0.3, 0.4) is 0 Å². The fourth-order valence-electron chi connectivity index (χ4n) is 4.48. The van der Waals surface area contributed by atoms with Crippen LogP contribution < -0.4 is 5.73 Å².